The molecule has 1 aromatic rings. The van der Waals surface area contributed by atoms with Gasteiger partial charge in [-0.25, -0.2) is 9.18 Å². The van der Waals surface area contributed by atoms with Gasteiger partial charge in [-0.2, -0.15) is 11.8 Å². The van der Waals surface area contributed by atoms with Crippen LogP contribution in [-0.4, -0.2) is 36.9 Å². The highest BCUT2D eigenvalue weighted by atomic mass is 32.2. The third-order valence-corrected chi connectivity index (χ3v) is 4.67. The summed E-state index contributed by atoms with van der Waals surface area (Å²) in [5.41, 5.74) is 0.632. The molecule has 20 heavy (non-hydrogen) atoms. The van der Waals surface area contributed by atoms with Crippen molar-refractivity contribution < 1.29 is 13.9 Å². The molecule has 0 unspecified atom stereocenters. The Labute approximate surface area is 122 Å². The first-order valence-electron chi connectivity index (χ1n) is 6.56. The van der Waals surface area contributed by atoms with Crippen molar-refractivity contribution in [1.82, 2.24) is 5.32 Å². The van der Waals surface area contributed by atoms with Crippen LogP contribution in [0.25, 0.3) is 0 Å². The van der Waals surface area contributed by atoms with Gasteiger partial charge in [0.1, 0.15) is 19.0 Å². The van der Waals surface area contributed by atoms with Crippen molar-refractivity contribution in [3.8, 4) is 5.75 Å². The second-order valence-electron chi connectivity index (χ2n) is 4.76. The normalized spacial score (nSPS) is 15.5. The van der Waals surface area contributed by atoms with Crippen LogP contribution < -0.4 is 15.4 Å². The zero-order valence-electron chi connectivity index (χ0n) is 11.4. The van der Waals surface area contributed by atoms with E-state index in [1.54, 1.807) is 36.0 Å². The summed E-state index contributed by atoms with van der Waals surface area (Å²) in [5, 5.41) is 5.63. The summed E-state index contributed by atoms with van der Waals surface area (Å²) in [6.45, 7) is 0.166. The number of nitrogens with one attached hydrogen (secondary N) is 2. The topological polar surface area (TPSA) is 50.4 Å². The number of thioether (sulfide) groups is 1. The van der Waals surface area contributed by atoms with Crippen LogP contribution in [0.5, 0.6) is 5.75 Å². The zero-order chi connectivity index (χ0) is 14.4. The fourth-order valence-electron chi connectivity index (χ4n) is 1.83. The van der Waals surface area contributed by atoms with E-state index in [0.717, 1.165) is 12.8 Å². The van der Waals surface area contributed by atoms with Gasteiger partial charge in [0.25, 0.3) is 0 Å². The van der Waals surface area contributed by atoms with E-state index in [1.807, 2.05) is 0 Å². The maximum Gasteiger partial charge on any atom is 0.319 e. The lowest BCUT2D eigenvalue weighted by atomic mass is 10.3. The molecule has 1 saturated carbocycles. The summed E-state index contributed by atoms with van der Waals surface area (Å²) in [5.74, 6) is 0.545. The molecule has 1 aliphatic carbocycles. The van der Waals surface area contributed by atoms with E-state index in [9.17, 15) is 9.18 Å². The molecular formula is C14H19FN2O2S. The van der Waals surface area contributed by atoms with Crippen LogP contribution in [0.4, 0.5) is 14.9 Å². The minimum absolute atomic E-state index is 0.0197. The lowest BCUT2D eigenvalue weighted by Crippen LogP contribution is -2.35. The molecule has 0 aliphatic heterocycles. The van der Waals surface area contributed by atoms with E-state index in [2.05, 4.69) is 16.9 Å². The van der Waals surface area contributed by atoms with Gasteiger partial charge < -0.3 is 15.4 Å². The van der Waals surface area contributed by atoms with Gasteiger partial charge in [0, 0.05) is 23.0 Å². The van der Waals surface area contributed by atoms with Gasteiger partial charge in [-0.15, -0.1) is 0 Å². The number of rotatable bonds is 7. The Hall–Kier alpha value is -1.43. The minimum Gasteiger partial charge on any atom is -0.491 e. The van der Waals surface area contributed by atoms with E-state index in [-0.39, 0.29) is 17.4 Å². The smallest absolute Gasteiger partial charge is 0.319 e. The molecule has 0 saturated heterocycles. The molecule has 1 aromatic carbocycles. The average molecular weight is 298 g/mol. The van der Waals surface area contributed by atoms with E-state index in [4.69, 9.17) is 4.74 Å². The van der Waals surface area contributed by atoms with Crippen LogP contribution >= 0.6 is 11.8 Å². The first-order valence-corrected chi connectivity index (χ1v) is 7.79. The van der Waals surface area contributed by atoms with Gasteiger partial charge in [-0.3, -0.25) is 0 Å². The minimum atomic E-state index is -0.533. The molecule has 0 bridgehead atoms. The fourth-order valence-corrected chi connectivity index (χ4v) is 2.56. The van der Waals surface area contributed by atoms with Crippen LogP contribution in [0.2, 0.25) is 0 Å². The number of urea groups is 1. The summed E-state index contributed by atoms with van der Waals surface area (Å²) in [4.78, 5) is 11.8. The molecule has 2 amide bonds. The number of carbonyl (C=O) groups excluding carboxylic acids is 1. The SMILES string of the molecule is CSC1(CNC(=O)Nc2cccc(OCCF)c2)CC1. The average Bonchev–Trinajstić information content (AvgIpc) is 3.24. The lowest BCUT2D eigenvalue weighted by molar-refractivity contribution is 0.252. The molecule has 0 spiro atoms. The lowest BCUT2D eigenvalue weighted by Gasteiger charge is -2.14. The molecule has 1 fully saturated rings. The number of benzene rings is 1. The van der Waals surface area contributed by atoms with Crippen LogP contribution in [0.3, 0.4) is 0 Å². The van der Waals surface area contributed by atoms with Crippen molar-refractivity contribution in [2.24, 2.45) is 0 Å². The van der Waals surface area contributed by atoms with Crippen molar-refractivity contribution in [2.45, 2.75) is 17.6 Å². The summed E-state index contributed by atoms with van der Waals surface area (Å²) in [6.07, 6.45) is 4.38. The first-order chi connectivity index (χ1) is 9.67. The summed E-state index contributed by atoms with van der Waals surface area (Å²) >= 11 is 1.80. The molecule has 110 valence electrons. The van der Waals surface area contributed by atoms with Crippen LogP contribution in [0, 0.1) is 0 Å². The van der Waals surface area contributed by atoms with Gasteiger partial charge in [0.15, 0.2) is 0 Å². The molecule has 4 nitrogen and oxygen atoms in total. The molecule has 1 aliphatic rings. The predicted molar refractivity (Wildman–Crippen MR) is 80.4 cm³/mol. The molecule has 2 rings (SSSR count). The molecular weight excluding hydrogens is 279 g/mol. The highest BCUT2D eigenvalue weighted by Crippen LogP contribution is 2.46. The molecule has 2 N–H and O–H groups in total. The van der Waals surface area contributed by atoms with Crippen LogP contribution in [-0.2, 0) is 0 Å². The van der Waals surface area contributed by atoms with Crippen molar-refractivity contribution in [1.29, 1.82) is 0 Å². The Morgan fingerprint density at radius 3 is 2.95 bits per heavy atom. The van der Waals surface area contributed by atoms with Crippen molar-refractivity contribution in [3.63, 3.8) is 0 Å². The Bertz CT molecular complexity index is 466. The van der Waals surface area contributed by atoms with E-state index in [0.29, 0.717) is 18.0 Å². The predicted octanol–water partition coefficient (Wildman–Crippen LogP) is 3.05. The Balaban J connectivity index is 1.81. The third-order valence-electron chi connectivity index (χ3n) is 3.25. The number of amides is 2. The van der Waals surface area contributed by atoms with Crippen molar-refractivity contribution in [2.75, 3.05) is 31.4 Å². The highest BCUT2D eigenvalue weighted by molar-refractivity contribution is 8.00. The summed E-state index contributed by atoms with van der Waals surface area (Å²) < 4.78 is 17.4. The van der Waals surface area contributed by atoms with Crippen molar-refractivity contribution in [3.05, 3.63) is 24.3 Å². The number of anilines is 1. The van der Waals surface area contributed by atoms with Gasteiger partial charge >= 0.3 is 6.03 Å². The highest BCUT2D eigenvalue weighted by Gasteiger charge is 2.41. The zero-order valence-corrected chi connectivity index (χ0v) is 12.3. The number of hydrogen-bond acceptors (Lipinski definition) is 3. The second-order valence-corrected chi connectivity index (χ2v) is 6.03. The quantitative estimate of drug-likeness (QED) is 0.813. The van der Waals surface area contributed by atoms with Crippen molar-refractivity contribution >= 4 is 23.5 Å². The largest absolute Gasteiger partial charge is 0.491 e. The molecule has 0 radical (unpaired) electrons. The molecule has 0 aromatic heterocycles. The van der Waals surface area contributed by atoms with Crippen LogP contribution in [0.1, 0.15) is 12.8 Å². The van der Waals surface area contributed by atoms with E-state index >= 15 is 0 Å². The van der Waals surface area contributed by atoms with Gasteiger partial charge in [0.2, 0.25) is 0 Å². The Morgan fingerprint density at radius 1 is 1.50 bits per heavy atom. The third kappa shape index (κ3) is 4.30. The summed E-state index contributed by atoms with van der Waals surface area (Å²) in [6, 6.07) is 6.70. The second kappa shape index (κ2) is 6.83. The number of carbonyl (C=O) groups is 1. The summed E-state index contributed by atoms with van der Waals surface area (Å²) in [7, 11) is 0. The maximum atomic E-state index is 12.0. The number of ether oxygens (including phenoxy) is 1. The first kappa shape index (κ1) is 15.0. The number of alkyl halides is 1. The Kier molecular flexibility index (Phi) is 5.11. The number of hydrogen-bond donors (Lipinski definition) is 2. The van der Waals surface area contributed by atoms with Crippen LogP contribution in [0.15, 0.2) is 24.3 Å². The monoisotopic (exact) mass is 298 g/mol. The fraction of sp³-hybridized carbons (Fsp3) is 0.500. The van der Waals surface area contributed by atoms with E-state index < -0.39 is 6.67 Å². The molecule has 6 heteroatoms. The van der Waals surface area contributed by atoms with Gasteiger partial charge in [-0.05, 0) is 31.2 Å². The maximum absolute atomic E-state index is 12.0. The number of halogens is 1. The van der Waals surface area contributed by atoms with Gasteiger partial charge in [0.05, 0.1) is 0 Å². The molecule has 0 heterocycles. The standard InChI is InChI=1S/C14H19FN2O2S/c1-20-14(5-6-14)10-16-13(18)17-11-3-2-4-12(9-11)19-8-7-15/h2-4,9H,5-8,10H2,1H3,(H2,16,17,18). The van der Waals surface area contributed by atoms with E-state index in [1.165, 1.54) is 0 Å². The van der Waals surface area contributed by atoms with Gasteiger partial charge in [-0.1, -0.05) is 6.07 Å². The molecule has 0 atom stereocenters. The Morgan fingerprint density at radius 2 is 2.30 bits per heavy atom.